The van der Waals surface area contributed by atoms with Crippen LogP contribution in [-0.4, -0.2) is 12.5 Å². The van der Waals surface area contributed by atoms with E-state index < -0.39 is 0 Å². The van der Waals surface area contributed by atoms with Crippen molar-refractivity contribution in [3.05, 3.63) is 42.3 Å². The molecule has 2 rings (SSSR count). The first kappa shape index (κ1) is 16.4. The van der Waals surface area contributed by atoms with Crippen molar-refractivity contribution in [2.45, 2.75) is 6.92 Å². The summed E-state index contributed by atoms with van der Waals surface area (Å²) >= 11 is 1.61. The Labute approximate surface area is 132 Å². The van der Waals surface area contributed by atoms with Crippen LogP contribution in [-0.2, 0) is 4.79 Å². The lowest BCUT2D eigenvalue weighted by atomic mass is 10.1. The summed E-state index contributed by atoms with van der Waals surface area (Å²) in [7, 11) is 0. The Morgan fingerprint density at radius 2 is 2.10 bits per heavy atom. The van der Waals surface area contributed by atoms with Gasteiger partial charge in [-0.25, -0.2) is 4.98 Å². The lowest BCUT2D eigenvalue weighted by Gasteiger charge is -2.01. The maximum absolute atomic E-state index is 10.9. The Morgan fingerprint density at radius 1 is 1.40 bits per heavy atom. The summed E-state index contributed by atoms with van der Waals surface area (Å²) in [4.78, 5) is 14.2. The van der Waals surface area contributed by atoms with Crippen LogP contribution in [0, 0.1) is 0 Å². The Morgan fingerprint density at radius 3 is 2.70 bits per heavy atom. The van der Waals surface area contributed by atoms with Gasteiger partial charge in [-0.1, -0.05) is 24.0 Å². The van der Waals surface area contributed by atoms with E-state index >= 15 is 0 Å². The second kappa shape index (κ2) is 7.81. The Kier molecular flexibility index (Phi) is 6.41. The molecule has 1 heterocycles. The largest absolute Gasteiger partial charge is 1.00 e. The van der Waals surface area contributed by atoms with Gasteiger partial charge >= 0.3 is 5.13 Å². The molecule has 1 amide bonds. The van der Waals surface area contributed by atoms with Gasteiger partial charge < -0.3 is 22.3 Å². The summed E-state index contributed by atoms with van der Waals surface area (Å²) in [6.07, 6.45) is 1.81. The number of carbonyl (C=O) groups is 1. The van der Waals surface area contributed by atoms with Crippen LogP contribution < -0.4 is 32.6 Å². The second-order valence-electron chi connectivity index (χ2n) is 4.03. The normalized spacial score (nSPS) is 9.45. The maximum Gasteiger partial charge on any atom is 0.332 e. The van der Waals surface area contributed by atoms with Gasteiger partial charge in [0.25, 0.3) is 0 Å². The van der Waals surface area contributed by atoms with Crippen molar-refractivity contribution in [1.29, 1.82) is 0 Å². The van der Waals surface area contributed by atoms with Crippen LogP contribution >= 0.6 is 11.3 Å². The third kappa shape index (κ3) is 4.47. The van der Waals surface area contributed by atoms with Crippen LogP contribution in [0.2, 0.25) is 0 Å². The number of benzene rings is 1. The summed E-state index contributed by atoms with van der Waals surface area (Å²) < 4.78 is 0. The molecular weight excluding hydrogens is 338 g/mol. The number of aromatic nitrogens is 1. The van der Waals surface area contributed by atoms with E-state index in [1.807, 2.05) is 30.3 Å². The van der Waals surface area contributed by atoms with E-state index in [1.54, 1.807) is 11.3 Å². The van der Waals surface area contributed by atoms with Gasteiger partial charge in [0, 0.05) is 23.6 Å². The second-order valence-corrected chi connectivity index (χ2v) is 4.91. The molecule has 106 valence electrons. The number of rotatable bonds is 5. The summed E-state index contributed by atoms with van der Waals surface area (Å²) in [5.41, 5.74) is 2.93. The molecule has 0 aliphatic carbocycles. The molecule has 0 aliphatic rings. The number of thiazole rings is 1. The van der Waals surface area contributed by atoms with Crippen molar-refractivity contribution in [3.63, 3.8) is 0 Å². The topological polar surface area (TPSA) is 55.3 Å². The van der Waals surface area contributed by atoms with Gasteiger partial charge in [0.05, 0.1) is 0 Å². The third-order valence-corrected chi connectivity index (χ3v) is 3.30. The molecule has 1 aromatic carbocycles. The molecule has 4 nitrogen and oxygen atoms in total. The Balaban J connectivity index is 0.00000200. The molecular formula is C14H16BrN3OS. The van der Waals surface area contributed by atoms with Crippen molar-refractivity contribution < 1.29 is 26.8 Å². The van der Waals surface area contributed by atoms with Gasteiger partial charge in [-0.15, -0.1) is 0 Å². The molecule has 0 fully saturated rings. The highest BCUT2D eigenvalue weighted by molar-refractivity contribution is 7.13. The molecule has 0 unspecified atom stereocenters. The lowest BCUT2D eigenvalue weighted by molar-refractivity contribution is -0.341. The molecule has 0 atom stereocenters. The van der Waals surface area contributed by atoms with Gasteiger partial charge in [0.15, 0.2) is 0 Å². The fourth-order valence-electron chi connectivity index (χ4n) is 1.63. The lowest BCUT2D eigenvalue weighted by Crippen LogP contribution is -3.00. The highest BCUT2D eigenvalue weighted by atomic mass is 79.9. The van der Waals surface area contributed by atoms with Crippen LogP contribution in [0.5, 0.6) is 0 Å². The first-order chi connectivity index (χ1) is 9.19. The SMILES string of the molecule is C=CCNc1[nH+]c(-c2ccc(NC(C)=O)cc2)cs1.[Br-]. The number of carbonyl (C=O) groups excluding carboxylic acids is 1. The zero-order valence-electron chi connectivity index (χ0n) is 11.1. The van der Waals surface area contributed by atoms with Crippen molar-refractivity contribution in [2.75, 3.05) is 17.2 Å². The minimum Gasteiger partial charge on any atom is -1.00 e. The molecule has 0 bridgehead atoms. The zero-order valence-corrected chi connectivity index (χ0v) is 13.5. The Bertz CT molecular complexity index is 580. The number of aromatic amines is 1. The number of anilines is 2. The fraction of sp³-hybridized carbons (Fsp3) is 0.143. The number of H-pyrrole nitrogens is 1. The monoisotopic (exact) mass is 353 g/mol. The molecule has 1 aromatic heterocycles. The molecule has 0 radical (unpaired) electrons. The van der Waals surface area contributed by atoms with Crippen LogP contribution in [0.25, 0.3) is 11.3 Å². The molecule has 0 saturated heterocycles. The predicted octanol–water partition coefficient (Wildman–Crippen LogP) is -0.210. The van der Waals surface area contributed by atoms with Crippen LogP contribution in [0.1, 0.15) is 6.92 Å². The fourth-order valence-corrected chi connectivity index (χ4v) is 2.39. The van der Waals surface area contributed by atoms with Gasteiger partial charge in [-0.3, -0.25) is 10.1 Å². The highest BCUT2D eigenvalue weighted by Gasteiger charge is 2.08. The molecule has 20 heavy (non-hydrogen) atoms. The predicted molar refractivity (Wildman–Crippen MR) is 79.3 cm³/mol. The van der Waals surface area contributed by atoms with Crippen LogP contribution in [0.4, 0.5) is 10.8 Å². The number of amides is 1. The molecule has 6 heteroatoms. The van der Waals surface area contributed by atoms with E-state index in [1.165, 1.54) is 6.92 Å². The summed E-state index contributed by atoms with van der Waals surface area (Å²) in [6.45, 7) is 5.90. The van der Waals surface area contributed by atoms with Gasteiger partial charge in [-0.05, 0) is 24.3 Å². The van der Waals surface area contributed by atoms with Crippen molar-refractivity contribution in [2.24, 2.45) is 0 Å². The summed E-state index contributed by atoms with van der Waals surface area (Å²) in [5, 5.41) is 9.01. The average Bonchev–Trinajstić information content (AvgIpc) is 2.85. The van der Waals surface area contributed by atoms with Crippen LogP contribution in [0.3, 0.4) is 0 Å². The molecule has 3 N–H and O–H groups in total. The minimum atomic E-state index is -0.0641. The van der Waals surface area contributed by atoms with E-state index in [4.69, 9.17) is 0 Å². The molecule has 0 aliphatic heterocycles. The van der Waals surface area contributed by atoms with E-state index in [0.717, 1.165) is 28.6 Å². The Hall–Kier alpha value is -1.66. The van der Waals surface area contributed by atoms with E-state index in [9.17, 15) is 4.79 Å². The van der Waals surface area contributed by atoms with Crippen LogP contribution in [0.15, 0.2) is 42.3 Å². The van der Waals surface area contributed by atoms with E-state index in [-0.39, 0.29) is 22.9 Å². The quantitative estimate of drug-likeness (QED) is 0.731. The van der Waals surface area contributed by atoms with Crippen molar-refractivity contribution in [1.82, 2.24) is 0 Å². The average molecular weight is 354 g/mol. The number of nitrogens with one attached hydrogen (secondary N) is 3. The smallest absolute Gasteiger partial charge is 0.332 e. The van der Waals surface area contributed by atoms with Crippen molar-refractivity contribution in [3.8, 4) is 11.3 Å². The van der Waals surface area contributed by atoms with Gasteiger partial charge in [0.2, 0.25) is 5.91 Å². The molecule has 0 saturated carbocycles. The van der Waals surface area contributed by atoms with E-state index in [0.29, 0.717) is 0 Å². The first-order valence-corrected chi connectivity index (χ1v) is 6.80. The standard InChI is InChI=1S/C14H15N3OS.BrH/c1-3-8-15-14-17-13(9-19-14)11-4-6-12(7-5-11)16-10(2)18;/h3-7,9H,1,8H2,2H3,(H,15,17)(H,16,18);1H. The van der Waals surface area contributed by atoms with Gasteiger partial charge in [0.1, 0.15) is 12.2 Å². The van der Waals surface area contributed by atoms with Crippen molar-refractivity contribution >= 4 is 28.1 Å². The number of hydrogen-bond acceptors (Lipinski definition) is 3. The number of hydrogen-bond donors (Lipinski definition) is 2. The maximum atomic E-state index is 10.9. The highest BCUT2D eigenvalue weighted by Crippen LogP contribution is 2.22. The summed E-state index contributed by atoms with van der Waals surface area (Å²) in [6, 6.07) is 7.72. The molecule has 2 aromatic rings. The zero-order chi connectivity index (χ0) is 13.7. The first-order valence-electron chi connectivity index (χ1n) is 5.92. The third-order valence-electron chi connectivity index (χ3n) is 2.47. The van der Waals surface area contributed by atoms with E-state index in [2.05, 4.69) is 27.6 Å². The molecule has 0 spiro atoms. The van der Waals surface area contributed by atoms with Gasteiger partial charge in [-0.2, -0.15) is 0 Å². The minimum absolute atomic E-state index is 0. The summed E-state index contributed by atoms with van der Waals surface area (Å²) in [5.74, 6) is -0.0641. The number of halogens is 1.